The molecular formula is C25H24N6O4. The van der Waals surface area contributed by atoms with Crippen molar-refractivity contribution in [2.75, 3.05) is 13.6 Å². The summed E-state index contributed by atoms with van der Waals surface area (Å²) in [5, 5.41) is 10.4. The van der Waals surface area contributed by atoms with Crippen LogP contribution in [-0.4, -0.2) is 68.1 Å². The fourth-order valence-electron chi connectivity index (χ4n) is 4.43. The molecule has 1 unspecified atom stereocenters. The van der Waals surface area contributed by atoms with E-state index in [1.807, 2.05) is 30.3 Å². The number of piperidine rings is 1. The normalized spacial score (nSPS) is 17.3. The number of nitrogens with one attached hydrogen (secondary N) is 1. The quantitative estimate of drug-likeness (QED) is 0.541. The lowest BCUT2D eigenvalue weighted by molar-refractivity contribution is -0.136. The van der Waals surface area contributed by atoms with E-state index in [1.165, 1.54) is 9.58 Å². The molecule has 2 aromatic carbocycles. The zero-order valence-electron chi connectivity index (χ0n) is 19.2. The number of carbonyl (C=O) groups is 4. The Morgan fingerprint density at radius 2 is 1.94 bits per heavy atom. The number of hydrogen-bond donors (Lipinski definition) is 1. The zero-order chi connectivity index (χ0) is 24.5. The van der Waals surface area contributed by atoms with Crippen LogP contribution in [0.2, 0.25) is 0 Å². The number of nitrogens with zero attached hydrogens (tertiary/aromatic N) is 5. The number of benzene rings is 2. The third kappa shape index (κ3) is 4.42. The molecule has 0 saturated carbocycles. The second-order valence-corrected chi connectivity index (χ2v) is 8.75. The highest BCUT2D eigenvalue weighted by Crippen LogP contribution is 2.29. The Hall–Kier alpha value is -4.34. The Balaban J connectivity index is 1.28. The Labute approximate surface area is 201 Å². The standard InChI is InChI=1S/C25H24N6O4/c1-29(12-11-16-5-3-2-4-6-16)25(35)20-15-31(28-27-20)18-7-8-19-17(13-18)14-30(24(19)34)21-9-10-22(32)26-23(21)33/h2-8,13,15,21H,9-12,14H2,1H3,(H,26,32,33). The molecule has 10 nitrogen and oxygen atoms in total. The first-order valence-electron chi connectivity index (χ1n) is 11.4. The Morgan fingerprint density at radius 1 is 1.14 bits per heavy atom. The first-order chi connectivity index (χ1) is 16.9. The van der Waals surface area contributed by atoms with E-state index < -0.39 is 11.9 Å². The summed E-state index contributed by atoms with van der Waals surface area (Å²) in [5.74, 6) is -1.23. The van der Waals surface area contributed by atoms with Crippen molar-refractivity contribution in [1.82, 2.24) is 30.1 Å². The van der Waals surface area contributed by atoms with Crippen LogP contribution in [-0.2, 0) is 22.6 Å². The van der Waals surface area contributed by atoms with Gasteiger partial charge >= 0.3 is 0 Å². The van der Waals surface area contributed by atoms with Crippen molar-refractivity contribution < 1.29 is 19.2 Å². The summed E-state index contributed by atoms with van der Waals surface area (Å²) in [4.78, 5) is 52.5. The minimum atomic E-state index is -0.668. The molecule has 1 atom stereocenters. The van der Waals surface area contributed by atoms with Gasteiger partial charge in [0.25, 0.3) is 11.8 Å². The van der Waals surface area contributed by atoms with Crippen LogP contribution in [0.4, 0.5) is 0 Å². The molecule has 3 heterocycles. The molecule has 0 bridgehead atoms. The average molecular weight is 473 g/mol. The minimum Gasteiger partial charge on any atom is -0.340 e. The maximum absolute atomic E-state index is 12.9. The third-order valence-electron chi connectivity index (χ3n) is 6.41. The van der Waals surface area contributed by atoms with Gasteiger partial charge in [-0.05, 0) is 42.2 Å². The van der Waals surface area contributed by atoms with Gasteiger partial charge < -0.3 is 9.80 Å². The summed E-state index contributed by atoms with van der Waals surface area (Å²) in [5.41, 5.74) is 3.29. The van der Waals surface area contributed by atoms with E-state index in [4.69, 9.17) is 0 Å². The summed E-state index contributed by atoms with van der Waals surface area (Å²) < 4.78 is 1.50. The number of rotatable bonds is 6. The average Bonchev–Trinajstić information content (AvgIpc) is 3.48. The number of fused-ring (bicyclic) bond motifs is 1. The highest BCUT2D eigenvalue weighted by molar-refractivity contribution is 6.05. The fraction of sp³-hybridized carbons (Fsp3) is 0.280. The number of carbonyl (C=O) groups excluding carboxylic acids is 4. The number of hydrogen-bond acceptors (Lipinski definition) is 6. The van der Waals surface area contributed by atoms with Gasteiger partial charge in [0.1, 0.15) is 6.04 Å². The minimum absolute atomic E-state index is 0.206. The van der Waals surface area contributed by atoms with Crippen molar-refractivity contribution in [3.63, 3.8) is 0 Å². The molecular weight excluding hydrogens is 448 g/mol. The van der Waals surface area contributed by atoms with E-state index in [2.05, 4.69) is 15.6 Å². The topological polar surface area (TPSA) is 118 Å². The molecule has 1 N–H and O–H groups in total. The van der Waals surface area contributed by atoms with Gasteiger partial charge in [-0.1, -0.05) is 35.5 Å². The summed E-state index contributed by atoms with van der Waals surface area (Å²) in [6, 6.07) is 14.5. The third-order valence-corrected chi connectivity index (χ3v) is 6.41. The van der Waals surface area contributed by atoms with Crippen LogP contribution in [0.25, 0.3) is 5.69 Å². The molecule has 0 aliphatic carbocycles. The zero-order valence-corrected chi connectivity index (χ0v) is 19.2. The molecule has 35 heavy (non-hydrogen) atoms. The number of imide groups is 1. The molecule has 178 valence electrons. The molecule has 5 rings (SSSR count). The lowest BCUT2D eigenvalue weighted by Gasteiger charge is -2.29. The van der Waals surface area contributed by atoms with Crippen molar-refractivity contribution in [1.29, 1.82) is 0 Å². The summed E-state index contributed by atoms with van der Waals surface area (Å²) in [6.45, 7) is 0.809. The fourth-order valence-corrected chi connectivity index (χ4v) is 4.43. The molecule has 1 aromatic heterocycles. The van der Waals surface area contributed by atoms with E-state index in [0.717, 1.165) is 17.5 Å². The van der Waals surface area contributed by atoms with Gasteiger partial charge in [0.05, 0.1) is 11.9 Å². The predicted octanol–water partition coefficient (Wildman–Crippen LogP) is 1.34. The first kappa shape index (κ1) is 22.5. The van der Waals surface area contributed by atoms with Crippen molar-refractivity contribution in [3.8, 4) is 5.69 Å². The van der Waals surface area contributed by atoms with Crippen LogP contribution in [0.5, 0.6) is 0 Å². The molecule has 10 heteroatoms. The maximum atomic E-state index is 12.9. The van der Waals surface area contributed by atoms with Gasteiger partial charge in [-0.2, -0.15) is 0 Å². The Kier molecular flexibility index (Phi) is 5.86. The molecule has 1 saturated heterocycles. The molecule has 3 aromatic rings. The van der Waals surface area contributed by atoms with Crippen molar-refractivity contribution >= 4 is 23.6 Å². The van der Waals surface area contributed by atoms with Gasteiger partial charge in [0, 0.05) is 32.1 Å². The van der Waals surface area contributed by atoms with E-state index in [9.17, 15) is 19.2 Å². The van der Waals surface area contributed by atoms with Gasteiger partial charge in [0.2, 0.25) is 11.8 Å². The Morgan fingerprint density at radius 3 is 2.71 bits per heavy atom. The van der Waals surface area contributed by atoms with E-state index in [1.54, 1.807) is 36.3 Å². The summed E-state index contributed by atoms with van der Waals surface area (Å²) >= 11 is 0. The number of aromatic nitrogens is 3. The monoisotopic (exact) mass is 472 g/mol. The predicted molar refractivity (Wildman–Crippen MR) is 125 cm³/mol. The van der Waals surface area contributed by atoms with Crippen LogP contribution < -0.4 is 5.32 Å². The SMILES string of the molecule is CN(CCc1ccccc1)C(=O)c1cn(-c2ccc3c(c2)CN(C2CCC(=O)NC2=O)C3=O)nn1. The van der Waals surface area contributed by atoms with Crippen molar-refractivity contribution in [2.24, 2.45) is 0 Å². The number of likely N-dealkylation sites (N-methyl/N-ethyl adjacent to an activating group) is 1. The van der Waals surface area contributed by atoms with Crippen LogP contribution >= 0.6 is 0 Å². The second-order valence-electron chi connectivity index (χ2n) is 8.75. The lowest BCUT2D eigenvalue weighted by Crippen LogP contribution is -2.52. The van der Waals surface area contributed by atoms with E-state index in [-0.39, 0.29) is 36.4 Å². The van der Waals surface area contributed by atoms with Crippen LogP contribution in [0.15, 0.2) is 54.7 Å². The van der Waals surface area contributed by atoms with Gasteiger partial charge in [-0.25, -0.2) is 4.68 Å². The van der Waals surface area contributed by atoms with E-state index in [0.29, 0.717) is 24.2 Å². The summed E-state index contributed by atoms with van der Waals surface area (Å²) in [6.07, 6.45) is 2.82. The molecule has 2 aliphatic heterocycles. The highest BCUT2D eigenvalue weighted by Gasteiger charge is 2.39. The molecule has 4 amide bonds. The molecule has 0 radical (unpaired) electrons. The van der Waals surface area contributed by atoms with Crippen LogP contribution in [0, 0.1) is 0 Å². The molecule has 2 aliphatic rings. The molecule has 0 spiro atoms. The first-order valence-corrected chi connectivity index (χ1v) is 11.4. The number of amides is 4. The van der Waals surface area contributed by atoms with Gasteiger partial charge in [-0.15, -0.1) is 5.10 Å². The largest absolute Gasteiger partial charge is 0.340 e. The van der Waals surface area contributed by atoms with Crippen molar-refractivity contribution in [3.05, 3.63) is 77.1 Å². The lowest BCUT2D eigenvalue weighted by atomic mass is 10.0. The van der Waals surface area contributed by atoms with E-state index >= 15 is 0 Å². The highest BCUT2D eigenvalue weighted by atomic mass is 16.2. The summed E-state index contributed by atoms with van der Waals surface area (Å²) in [7, 11) is 1.73. The van der Waals surface area contributed by atoms with Crippen LogP contribution in [0.1, 0.15) is 44.8 Å². The van der Waals surface area contributed by atoms with Crippen molar-refractivity contribution in [2.45, 2.75) is 31.8 Å². The van der Waals surface area contributed by atoms with Gasteiger partial charge in [0.15, 0.2) is 5.69 Å². The second kappa shape index (κ2) is 9.13. The maximum Gasteiger partial charge on any atom is 0.275 e. The molecule has 1 fully saturated rings. The Bertz CT molecular complexity index is 1320. The van der Waals surface area contributed by atoms with Gasteiger partial charge in [-0.3, -0.25) is 24.5 Å². The van der Waals surface area contributed by atoms with Crippen LogP contribution in [0.3, 0.4) is 0 Å². The smallest absolute Gasteiger partial charge is 0.275 e.